The summed E-state index contributed by atoms with van der Waals surface area (Å²) < 4.78 is 92.6. The molecule has 0 atom stereocenters. The molecule has 0 spiro atoms. The van der Waals surface area contributed by atoms with Crippen molar-refractivity contribution in [3.05, 3.63) is 95.6 Å². The van der Waals surface area contributed by atoms with Crippen LogP contribution in [0.1, 0.15) is 0 Å². The van der Waals surface area contributed by atoms with Crippen LogP contribution in [0.2, 0.25) is 0 Å². The van der Waals surface area contributed by atoms with Gasteiger partial charge in [0.15, 0.2) is 0 Å². The van der Waals surface area contributed by atoms with Gasteiger partial charge in [0.25, 0.3) is 0 Å². The highest BCUT2D eigenvalue weighted by Gasteiger charge is 2.21. The molecule has 0 aliphatic rings. The molecule has 37 heavy (non-hydrogen) atoms. The summed E-state index contributed by atoms with van der Waals surface area (Å²) in [5, 5.41) is 0. The fourth-order valence-electron chi connectivity index (χ4n) is 4.05. The highest BCUT2D eigenvalue weighted by atomic mass is 32.1. The van der Waals surface area contributed by atoms with Gasteiger partial charge in [-0.1, -0.05) is 12.1 Å². The molecule has 11 heteroatoms. The number of aromatic nitrogens is 2. The summed E-state index contributed by atoms with van der Waals surface area (Å²) in [5.41, 5.74) is 1.83. The van der Waals surface area contributed by atoms with Gasteiger partial charge in [0.05, 0.1) is 22.9 Å². The summed E-state index contributed by atoms with van der Waals surface area (Å²) in [5.74, 6) is -5.98. The Kier molecular flexibility index (Phi) is 5.85. The summed E-state index contributed by atoms with van der Waals surface area (Å²) in [6.45, 7) is 0. The zero-order valence-electron chi connectivity index (χ0n) is 18.2. The summed E-state index contributed by atoms with van der Waals surface area (Å²) in [7, 11) is 0. The fourth-order valence-corrected chi connectivity index (χ4v) is 6.79. The Morgan fingerprint density at radius 3 is 1.19 bits per heavy atom. The van der Waals surface area contributed by atoms with Crippen molar-refractivity contribution < 1.29 is 26.3 Å². The minimum Gasteiger partial charge on any atom is -0.207 e. The van der Waals surface area contributed by atoms with Crippen LogP contribution >= 0.6 is 34.4 Å². The first-order valence-corrected chi connectivity index (χ1v) is 12.9. The minimum atomic E-state index is -0.997. The largest absolute Gasteiger partial charge is 0.207 e. The Morgan fingerprint density at radius 2 is 0.811 bits per heavy atom. The molecule has 0 aliphatic carbocycles. The first-order valence-electron chi connectivity index (χ1n) is 10.6. The number of nitrogens with zero attached hydrogens (tertiary/aromatic N) is 2. The van der Waals surface area contributed by atoms with Gasteiger partial charge in [-0.25, -0.2) is 26.3 Å². The van der Waals surface area contributed by atoms with Crippen molar-refractivity contribution in [3.63, 3.8) is 0 Å². The summed E-state index contributed by atoms with van der Waals surface area (Å²) in [6.07, 6.45) is 0. The zero-order valence-corrected chi connectivity index (χ0v) is 20.6. The lowest BCUT2D eigenvalue weighted by molar-refractivity contribution is 0.547. The maximum atomic E-state index is 14.3. The highest BCUT2D eigenvalue weighted by molar-refractivity contribution is 7.19. The van der Waals surface area contributed by atoms with Gasteiger partial charge in [0.1, 0.15) is 45.9 Å². The van der Waals surface area contributed by atoms with E-state index in [-0.39, 0.29) is 20.9 Å². The van der Waals surface area contributed by atoms with Crippen LogP contribution in [0.5, 0.6) is 0 Å². The van der Waals surface area contributed by atoms with Gasteiger partial charge in [-0.15, -0.1) is 22.7 Å². The Hall–Kier alpha value is -3.54. The number of halogens is 6. The molecule has 3 heterocycles. The molecule has 0 unspecified atom stereocenters. The molecule has 3 aromatic heterocycles. The van der Waals surface area contributed by atoms with E-state index in [4.69, 9.17) is 0 Å². The lowest BCUT2D eigenvalue weighted by Crippen LogP contribution is -1.90. The summed E-state index contributed by atoms with van der Waals surface area (Å²) in [4.78, 5) is 1.92. The van der Waals surface area contributed by atoms with E-state index in [0.717, 1.165) is 34.4 Å². The van der Waals surface area contributed by atoms with E-state index in [1.165, 1.54) is 0 Å². The van der Waals surface area contributed by atoms with E-state index in [1.54, 1.807) is 36.4 Å². The fraction of sp³-hybridized carbons (Fsp3) is 0. The topological polar surface area (TPSA) is 25.8 Å². The average molecular weight is 561 g/mol. The zero-order chi connectivity index (χ0) is 25.8. The van der Waals surface area contributed by atoms with Gasteiger partial charge in [0.2, 0.25) is 0 Å². The molecule has 0 saturated carbocycles. The van der Waals surface area contributed by atoms with E-state index in [2.05, 4.69) is 8.75 Å². The molecule has 3 aromatic carbocycles. The van der Waals surface area contributed by atoms with Crippen LogP contribution in [0.3, 0.4) is 0 Å². The van der Waals surface area contributed by atoms with E-state index in [0.29, 0.717) is 56.2 Å². The third-order valence-corrected chi connectivity index (χ3v) is 8.47. The maximum absolute atomic E-state index is 14.3. The van der Waals surface area contributed by atoms with Crippen LogP contribution in [-0.4, -0.2) is 8.75 Å². The SMILES string of the molecule is Fc1cc(F)c(-c2ccc(-c3ccc(-c4ccc(-c5c(F)cc(F)cc5F)s4)c4nsnc34)s2)c(F)c1. The van der Waals surface area contributed by atoms with Crippen molar-refractivity contribution in [2.45, 2.75) is 0 Å². The normalized spacial score (nSPS) is 11.5. The second-order valence-corrected chi connectivity index (χ2v) is 10.6. The van der Waals surface area contributed by atoms with Crippen molar-refractivity contribution >= 4 is 45.4 Å². The molecule has 6 aromatic rings. The maximum Gasteiger partial charge on any atom is 0.137 e. The number of hydrogen-bond acceptors (Lipinski definition) is 5. The number of benzene rings is 3. The third-order valence-electron chi connectivity index (χ3n) is 5.66. The first-order chi connectivity index (χ1) is 17.8. The number of thiophene rings is 2. The van der Waals surface area contributed by atoms with Gasteiger partial charge in [-0.2, -0.15) is 8.75 Å². The van der Waals surface area contributed by atoms with Crippen LogP contribution in [0.25, 0.3) is 52.8 Å². The van der Waals surface area contributed by atoms with Crippen molar-refractivity contribution in [1.29, 1.82) is 0 Å². The van der Waals surface area contributed by atoms with Gasteiger partial charge in [-0.05, 0) is 24.3 Å². The van der Waals surface area contributed by atoms with Crippen molar-refractivity contribution in [1.82, 2.24) is 8.75 Å². The number of rotatable bonds is 4. The molecular formula is C26H10F6N2S3. The Labute approximate surface area is 217 Å². The lowest BCUT2D eigenvalue weighted by atomic mass is 10.1. The molecule has 0 bridgehead atoms. The predicted molar refractivity (Wildman–Crippen MR) is 135 cm³/mol. The molecule has 0 amide bonds. The van der Waals surface area contributed by atoms with Crippen LogP contribution in [0.15, 0.2) is 60.7 Å². The smallest absolute Gasteiger partial charge is 0.137 e. The monoisotopic (exact) mass is 560 g/mol. The second-order valence-electron chi connectivity index (χ2n) is 7.94. The highest BCUT2D eigenvalue weighted by Crippen LogP contribution is 2.43. The van der Waals surface area contributed by atoms with Crippen LogP contribution in [-0.2, 0) is 0 Å². The second kappa shape index (κ2) is 9.09. The molecular weight excluding hydrogens is 550 g/mol. The van der Waals surface area contributed by atoms with Gasteiger partial charge in [-0.3, -0.25) is 0 Å². The predicted octanol–water partition coefficient (Wildman–Crippen LogP) is 9.32. The Bertz CT molecular complexity index is 1640. The van der Waals surface area contributed by atoms with Crippen molar-refractivity contribution in [2.24, 2.45) is 0 Å². The van der Waals surface area contributed by atoms with Crippen LogP contribution in [0, 0.1) is 34.9 Å². The summed E-state index contributed by atoms with van der Waals surface area (Å²) >= 11 is 3.22. The standard InChI is InChI=1S/C26H10F6N2S3/c27-11-7-15(29)23(16(30)8-11)21-5-3-19(35-21)13-1-2-14(26-25(13)33-37-34-26)20-4-6-22(36-20)24-17(31)9-12(28)10-18(24)32/h1-10H. The number of hydrogen-bond donors (Lipinski definition) is 0. The van der Waals surface area contributed by atoms with Crippen molar-refractivity contribution in [3.8, 4) is 41.8 Å². The molecule has 0 fully saturated rings. The molecule has 0 aliphatic heterocycles. The van der Waals surface area contributed by atoms with E-state index in [1.807, 2.05) is 0 Å². The molecule has 0 N–H and O–H groups in total. The van der Waals surface area contributed by atoms with Gasteiger partial charge < -0.3 is 0 Å². The van der Waals surface area contributed by atoms with Gasteiger partial charge in [0, 0.05) is 54.9 Å². The minimum absolute atomic E-state index is 0.289. The Balaban J connectivity index is 1.41. The summed E-state index contributed by atoms with van der Waals surface area (Å²) in [6, 6.07) is 12.6. The van der Waals surface area contributed by atoms with Crippen LogP contribution < -0.4 is 0 Å². The molecule has 184 valence electrons. The quantitative estimate of drug-likeness (QED) is 0.201. The van der Waals surface area contributed by atoms with Crippen LogP contribution in [0.4, 0.5) is 26.3 Å². The van der Waals surface area contributed by atoms with E-state index < -0.39 is 34.9 Å². The van der Waals surface area contributed by atoms with Crippen molar-refractivity contribution in [2.75, 3.05) is 0 Å². The van der Waals surface area contributed by atoms with Gasteiger partial charge >= 0.3 is 0 Å². The lowest BCUT2D eigenvalue weighted by Gasteiger charge is -2.05. The molecule has 2 nitrogen and oxygen atoms in total. The van der Waals surface area contributed by atoms with E-state index in [9.17, 15) is 26.3 Å². The third kappa shape index (κ3) is 4.12. The average Bonchev–Trinajstić information content (AvgIpc) is 3.58. The van der Waals surface area contributed by atoms with E-state index >= 15 is 0 Å². The Morgan fingerprint density at radius 1 is 0.459 bits per heavy atom. The molecule has 0 radical (unpaired) electrons. The first kappa shape index (κ1) is 23.8. The molecule has 0 saturated heterocycles. The number of fused-ring (bicyclic) bond motifs is 1. The molecule has 6 rings (SSSR count).